The largest absolute Gasteiger partial charge is 0.456 e. The Kier molecular flexibility index (Phi) is 11.0. The molecule has 0 spiro atoms. The van der Waals surface area contributed by atoms with Crippen molar-refractivity contribution in [2.45, 2.75) is 34.2 Å². The van der Waals surface area contributed by atoms with Crippen LogP contribution >= 0.6 is 0 Å². The summed E-state index contributed by atoms with van der Waals surface area (Å²) in [5, 5.41) is 5.44. The number of fused-ring (bicyclic) bond motifs is 7. The zero-order valence-electron chi connectivity index (χ0n) is 36.9. The number of para-hydroxylation sites is 2. The molecule has 0 bridgehead atoms. The van der Waals surface area contributed by atoms with E-state index in [1.165, 1.54) is 10.9 Å². The molecule has 0 atom stereocenters. The fourth-order valence-electron chi connectivity index (χ4n) is 9.11. The molecule has 0 saturated carbocycles. The van der Waals surface area contributed by atoms with Crippen LogP contribution in [-0.2, 0) is 6.54 Å². The normalized spacial score (nSPS) is 12.2. The molecule has 11 aromatic rings. The van der Waals surface area contributed by atoms with E-state index in [1.807, 2.05) is 81.4 Å². The van der Waals surface area contributed by atoms with Crippen LogP contribution in [-0.4, -0.2) is 16.2 Å². The molecule has 316 valence electrons. The predicted octanol–water partition coefficient (Wildman–Crippen LogP) is 15.5. The third-order valence-electron chi connectivity index (χ3n) is 12.1. The minimum absolute atomic E-state index is 0.364. The van der Waals surface area contributed by atoms with Crippen LogP contribution in [0.3, 0.4) is 0 Å². The first-order valence-corrected chi connectivity index (χ1v) is 22.3. The number of aliphatic imine (C=N–C) groups is 2. The van der Waals surface area contributed by atoms with E-state index >= 15 is 0 Å². The Morgan fingerprint density at radius 1 is 0.585 bits per heavy atom. The summed E-state index contributed by atoms with van der Waals surface area (Å²) in [6, 6.07) is 62.5. The number of allylic oxidation sites excluding steroid dienone is 1. The highest BCUT2D eigenvalue weighted by Crippen LogP contribution is 2.42. The second-order valence-corrected chi connectivity index (χ2v) is 15.8. The first kappa shape index (κ1) is 40.8. The molecule has 8 aromatic carbocycles. The van der Waals surface area contributed by atoms with Gasteiger partial charge in [-0.3, -0.25) is 4.99 Å². The van der Waals surface area contributed by atoms with Crippen LogP contribution in [0.4, 0.5) is 0 Å². The molecule has 6 nitrogen and oxygen atoms in total. The molecule has 65 heavy (non-hydrogen) atoms. The Hall–Kier alpha value is -8.22. The number of nitrogens with two attached hydrogens (primary N) is 1. The summed E-state index contributed by atoms with van der Waals surface area (Å²) in [7, 11) is 0. The van der Waals surface area contributed by atoms with Crippen molar-refractivity contribution in [3.8, 4) is 27.9 Å². The summed E-state index contributed by atoms with van der Waals surface area (Å²) < 4.78 is 15.4. The van der Waals surface area contributed by atoms with Gasteiger partial charge < -0.3 is 19.1 Å². The monoisotopic (exact) mass is 844 g/mol. The highest BCUT2D eigenvalue weighted by Gasteiger charge is 2.19. The van der Waals surface area contributed by atoms with Crippen molar-refractivity contribution < 1.29 is 8.83 Å². The average Bonchev–Trinajstić information content (AvgIpc) is 4.03. The van der Waals surface area contributed by atoms with Crippen LogP contribution in [0.5, 0.6) is 0 Å². The number of aryl methyl sites for hydroxylation is 1. The van der Waals surface area contributed by atoms with Crippen molar-refractivity contribution in [1.29, 1.82) is 0 Å². The maximum atomic E-state index is 6.91. The van der Waals surface area contributed by atoms with Crippen LogP contribution in [0, 0.1) is 6.92 Å². The van der Waals surface area contributed by atoms with Gasteiger partial charge in [0, 0.05) is 55.0 Å². The highest BCUT2D eigenvalue weighted by atomic mass is 16.3. The lowest BCUT2D eigenvalue weighted by atomic mass is 9.96. The number of rotatable bonds is 8. The molecule has 0 aliphatic heterocycles. The third kappa shape index (κ3) is 7.39. The first-order valence-electron chi connectivity index (χ1n) is 22.3. The Balaban J connectivity index is 0.00000246. The van der Waals surface area contributed by atoms with Crippen molar-refractivity contribution >= 4 is 72.5 Å². The number of nitrogens with zero attached hydrogens (tertiary/aromatic N) is 3. The van der Waals surface area contributed by atoms with Crippen molar-refractivity contribution in [2.75, 3.05) is 0 Å². The quantitative estimate of drug-likeness (QED) is 0.122. The molecule has 0 fully saturated rings. The van der Waals surface area contributed by atoms with Crippen molar-refractivity contribution in [1.82, 2.24) is 4.57 Å². The molecule has 0 radical (unpaired) electrons. The number of amidine groups is 2. The van der Waals surface area contributed by atoms with Gasteiger partial charge in [0.1, 0.15) is 28.2 Å². The smallest absolute Gasteiger partial charge is 0.157 e. The molecule has 11 rings (SSSR count). The van der Waals surface area contributed by atoms with Crippen molar-refractivity contribution in [2.24, 2.45) is 15.7 Å². The molecule has 6 heteroatoms. The van der Waals surface area contributed by atoms with Gasteiger partial charge in [-0.05, 0) is 90.2 Å². The van der Waals surface area contributed by atoms with Gasteiger partial charge in [-0.15, -0.1) is 0 Å². The minimum atomic E-state index is 0.364. The van der Waals surface area contributed by atoms with Gasteiger partial charge in [0.05, 0.1) is 12.1 Å². The Bertz CT molecular complexity index is 3620. The Morgan fingerprint density at radius 3 is 2.08 bits per heavy atom. The molecule has 0 aliphatic rings. The average molecular weight is 845 g/mol. The molecular formula is C59H48N4O2. The van der Waals surface area contributed by atoms with E-state index in [9.17, 15) is 0 Å². The van der Waals surface area contributed by atoms with Crippen LogP contribution in [0.1, 0.15) is 48.7 Å². The molecule has 0 saturated heterocycles. The van der Waals surface area contributed by atoms with Gasteiger partial charge in [0.2, 0.25) is 0 Å². The topological polar surface area (TPSA) is 82.0 Å². The molecule has 3 aromatic heterocycles. The Morgan fingerprint density at radius 2 is 1.26 bits per heavy atom. The van der Waals surface area contributed by atoms with Gasteiger partial charge >= 0.3 is 0 Å². The number of benzene rings is 8. The fraction of sp³-hybridized carbons (Fsp3) is 0.0847. The van der Waals surface area contributed by atoms with E-state index in [0.29, 0.717) is 18.2 Å². The van der Waals surface area contributed by atoms with Gasteiger partial charge in [-0.1, -0.05) is 159 Å². The standard InChI is InChI=1S/C57H42N4O2.C2H6/c1-3-16-48-36(2)43-24-10-11-28-49(43)61(48)42-23-12-21-40(33-42)56(58)60-57(38-19-8-5-9-20-38)59-35-41-22-13-29-51-53(41)47-34-39(31-32-50(47)62-51)44-25-15-30-52-54(44)46-27-14-26-45(55(46)63-52)37-17-6-4-7-18-37;1-2/h3-34H,35H2,1-2H3,(H2,58,59,60);1-2H3/b16-3-;. The van der Waals surface area contributed by atoms with Crippen LogP contribution in [0.25, 0.3) is 88.8 Å². The van der Waals surface area contributed by atoms with Gasteiger partial charge in [0.15, 0.2) is 5.84 Å². The SMILES string of the molecule is C/C=C\c1c(C)c2ccccc2n1-c1cccc(C(N)=NC(=NCc2cccc3oc4ccc(-c5cccc6oc7c(-c8ccccc8)cccc7c56)cc4c23)c2ccccc2)c1.CC. The second-order valence-electron chi connectivity index (χ2n) is 15.8. The summed E-state index contributed by atoms with van der Waals surface area (Å²) in [4.78, 5) is 10.2. The predicted molar refractivity (Wildman–Crippen MR) is 273 cm³/mol. The number of aromatic nitrogens is 1. The summed E-state index contributed by atoms with van der Waals surface area (Å²) in [6.45, 7) is 8.58. The van der Waals surface area contributed by atoms with E-state index in [1.54, 1.807) is 0 Å². The van der Waals surface area contributed by atoms with Gasteiger partial charge in [0.25, 0.3) is 0 Å². The maximum absolute atomic E-state index is 6.91. The minimum Gasteiger partial charge on any atom is -0.456 e. The molecule has 0 aliphatic carbocycles. The zero-order valence-corrected chi connectivity index (χ0v) is 36.9. The van der Waals surface area contributed by atoms with E-state index in [-0.39, 0.29) is 0 Å². The molecule has 2 N–H and O–H groups in total. The summed E-state index contributed by atoms with van der Waals surface area (Å²) in [5.41, 5.74) is 21.9. The van der Waals surface area contributed by atoms with Gasteiger partial charge in [-0.2, -0.15) is 0 Å². The van der Waals surface area contributed by atoms with E-state index in [2.05, 4.69) is 145 Å². The van der Waals surface area contributed by atoms with E-state index in [0.717, 1.165) is 99.7 Å². The number of hydrogen-bond acceptors (Lipinski definition) is 3. The van der Waals surface area contributed by atoms with Gasteiger partial charge in [-0.25, -0.2) is 4.99 Å². The van der Waals surface area contributed by atoms with E-state index < -0.39 is 0 Å². The maximum Gasteiger partial charge on any atom is 0.157 e. The van der Waals surface area contributed by atoms with Crippen LogP contribution in [0.15, 0.2) is 207 Å². The summed E-state index contributed by atoms with van der Waals surface area (Å²) in [5.74, 6) is 0.933. The Labute approximate surface area is 378 Å². The highest BCUT2D eigenvalue weighted by molar-refractivity contribution is 6.17. The van der Waals surface area contributed by atoms with Crippen LogP contribution < -0.4 is 5.73 Å². The fourth-order valence-corrected chi connectivity index (χ4v) is 9.11. The van der Waals surface area contributed by atoms with E-state index in [4.69, 9.17) is 24.6 Å². The molecule has 0 amide bonds. The first-order chi connectivity index (χ1) is 32.0. The number of hydrogen-bond donors (Lipinski definition) is 1. The summed E-state index contributed by atoms with van der Waals surface area (Å²) >= 11 is 0. The lowest BCUT2D eigenvalue weighted by Gasteiger charge is -2.12. The van der Waals surface area contributed by atoms with Crippen molar-refractivity contribution in [3.05, 3.63) is 216 Å². The third-order valence-corrected chi connectivity index (χ3v) is 12.1. The lowest BCUT2D eigenvalue weighted by molar-refractivity contribution is 0.668. The molecule has 3 heterocycles. The zero-order chi connectivity index (χ0) is 44.4. The van der Waals surface area contributed by atoms with Crippen molar-refractivity contribution in [3.63, 3.8) is 0 Å². The molecular weight excluding hydrogens is 797 g/mol. The second kappa shape index (κ2) is 17.5. The lowest BCUT2D eigenvalue weighted by Crippen LogP contribution is -2.17. The summed E-state index contributed by atoms with van der Waals surface area (Å²) in [6.07, 6.45) is 4.24. The number of furan rings is 2. The molecule has 0 unspecified atom stereocenters. The van der Waals surface area contributed by atoms with Crippen LogP contribution in [0.2, 0.25) is 0 Å².